The lowest BCUT2D eigenvalue weighted by atomic mass is 10.1. The quantitative estimate of drug-likeness (QED) is 0.877. The molecule has 0 spiro atoms. The second-order valence-corrected chi connectivity index (χ2v) is 5.99. The highest BCUT2D eigenvalue weighted by molar-refractivity contribution is 9.10. The molecule has 18 heavy (non-hydrogen) atoms. The Labute approximate surface area is 119 Å². The van der Waals surface area contributed by atoms with Crippen LogP contribution in [0.4, 0.5) is 0 Å². The second kappa shape index (κ2) is 6.31. The lowest BCUT2D eigenvalue weighted by molar-refractivity contribution is 0.729. The molecule has 1 heterocycles. The molecule has 0 saturated carbocycles. The Hall–Kier alpha value is -0.910. The Balaban J connectivity index is 2.27. The number of aromatic nitrogens is 2. The molecule has 0 radical (unpaired) electrons. The Bertz CT molecular complexity index is 517. The van der Waals surface area contributed by atoms with E-state index in [4.69, 9.17) is 5.73 Å². The average molecular weight is 324 g/mol. The highest BCUT2D eigenvalue weighted by atomic mass is 79.9. The van der Waals surface area contributed by atoms with Gasteiger partial charge >= 0.3 is 0 Å². The minimum absolute atomic E-state index is 0.141. The van der Waals surface area contributed by atoms with Gasteiger partial charge in [0.1, 0.15) is 0 Å². The summed E-state index contributed by atoms with van der Waals surface area (Å²) in [6.45, 7) is 2.01. The van der Waals surface area contributed by atoms with E-state index in [1.54, 1.807) is 24.2 Å². The van der Waals surface area contributed by atoms with Gasteiger partial charge in [0, 0.05) is 27.8 Å². The number of rotatable bonds is 4. The van der Waals surface area contributed by atoms with E-state index in [0.717, 1.165) is 20.9 Å². The molecule has 0 fully saturated rings. The molecule has 2 N–H and O–H groups in total. The van der Waals surface area contributed by atoms with Crippen molar-refractivity contribution in [3.8, 4) is 0 Å². The normalized spacial score (nSPS) is 12.4. The fourth-order valence-electron chi connectivity index (χ4n) is 1.58. The van der Waals surface area contributed by atoms with Crippen LogP contribution in [0.15, 0.2) is 51.2 Å². The van der Waals surface area contributed by atoms with Crippen molar-refractivity contribution in [3.05, 3.63) is 46.7 Å². The predicted octanol–water partition coefficient (Wildman–Crippen LogP) is 3.28. The van der Waals surface area contributed by atoms with Crippen molar-refractivity contribution >= 4 is 27.7 Å². The SMILES string of the molecule is CC(N)Cc1ccc(Br)cc1Sc1ncccn1. The first-order valence-corrected chi connectivity index (χ1v) is 7.25. The number of hydrogen-bond acceptors (Lipinski definition) is 4. The van der Waals surface area contributed by atoms with Crippen molar-refractivity contribution in [3.63, 3.8) is 0 Å². The van der Waals surface area contributed by atoms with Gasteiger partial charge in [0.2, 0.25) is 0 Å². The van der Waals surface area contributed by atoms with E-state index in [1.165, 1.54) is 5.56 Å². The molecule has 94 valence electrons. The van der Waals surface area contributed by atoms with Gasteiger partial charge in [-0.25, -0.2) is 9.97 Å². The lowest BCUT2D eigenvalue weighted by Gasteiger charge is -2.11. The molecular weight excluding hydrogens is 310 g/mol. The van der Waals surface area contributed by atoms with Gasteiger partial charge in [-0.15, -0.1) is 0 Å². The number of nitrogens with two attached hydrogens (primary N) is 1. The summed E-state index contributed by atoms with van der Waals surface area (Å²) >= 11 is 5.05. The first-order valence-electron chi connectivity index (χ1n) is 5.64. The second-order valence-electron chi connectivity index (χ2n) is 4.07. The van der Waals surface area contributed by atoms with Crippen LogP contribution in [0.2, 0.25) is 0 Å². The molecule has 5 heteroatoms. The summed E-state index contributed by atoms with van der Waals surface area (Å²) in [4.78, 5) is 9.60. The molecule has 3 nitrogen and oxygen atoms in total. The molecule has 2 aromatic rings. The van der Waals surface area contributed by atoms with Crippen molar-refractivity contribution in [2.75, 3.05) is 0 Å². The number of hydrogen-bond donors (Lipinski definition) is 1. The number of halogens is 1. The average Bonchev–Trinajstić information content (AvgIpc) is 2.33. The van der Waals surface area contributed by atoms with Gasteiger partial charge < -0.3 is 5.73 Å². The van der Waals surface area contributed by atoms with Gasteiger partial charge in [-0.3, -0.25) is 0 Å². The van der Waals surface area contributed by atoms with Gasteiger partial charge in [-0.1, -0.05) is 22.0 Å². The highest BCUT2D eigenvalue weighted by Gasteiger charge is 2.08. The van der Waals surface area contributed by atoms with Crippen molar-refractivity contribution in [2.45, 2.75) is 29.4 Å². The fourth-order valence-corrected chi connectivity index (χ4v) is 2.98. The van der Waals surface area contributed by atoms with Crippen LogP contribution in [0.3, 0.4) is 0 Å². The summed E-state index contributed by atoms with van der Waals surface area (Å²) in [6.07, 6.45) is 4.35. The molecule has 0 amide bonds. The zero-order valence-electron chi connectivity index (χ0n) is 10.0. The summed E-state index contributed by atoms with van der Waals surface area (Å²) in [5.41, 5.74) is 7.10. The van der Waals surface area contributed by atoms with Crippen molar-refractivity contribution < 1.29 is 0 Å². The maximum Gasteiger partial charge on any atom is 0.192 e. The Morgan fingerprint density at radius 2 is 2.06 bits per heavy atom. The molecule has 0 aliphatic carbocycles. The van der Waals surface area contributed by atoms with Gasteiger partial charge in [-0.2, -0.15) is 0 Å². The van der Waals surface area contributed by atoms with E-state index in [1.807, 2.05) is 19.1 Å². The minimum Gasteiger partial charge on any atom is -0.328 e. The van der Waals surface area contributed by atoms with Gasteiger partial charge in [0.25, 0.3) is 0 Å². The third-order valence-electron chi connectivity index (χ3n) is 2.31. The molecule has 2 rings (SSSR count). The molecule has 0 aliphatic rings. The van der Waals surface area contributed by atoms with E-state index in [-0.39, 0.29) is 6.04 Å². The summed E-state index contributed by atoms with van der Waals surface area (Å²) in [5, 5.41) is 0.751. The molecule has 0 bridgehead atoms. The van der Waals surface area contributed by atoms with Crippen molar-refractivity contribution in [2.24, 2.45) is 5.73 Å². The largest absolute Gasteiger partial charge is 0.328 e. The third-order valence-corrected chi connectivity index (χ3v) is 3.80. The first kappa shape index (κ1) is 13.5. The molecule has 1 unspecified atom stereocenters. The Morgan fingerprint density at radius 1 is 1.33 bits per heavy atom. The third kappa shape index (κ3) is 3.80. The van der Waals surface area contributed by atoms with Crippen LogP contribution >= 0.6 is 27.7 Å². The topological polar surface area (TPSA) is 51.8 Å². The predicted molar refractivity (Wildman–Crippen MR) is 77.7 cm³/mol. The van der Waals surface area contributed by atoms with Crippen LogP contribution in [0.5, 0.6) is 0 Å². The van der Waals surface area contributed by atoms with E-state index >= 15 is 0 Å². The van der Waals surface area contributed by atoms with E-state index in [0.29, 0.717) is 0 Å². The minimum atomic E-state index is 0.141. The maximum absolute atomic E-state index is 5.87. The summed E-state index contributed by atoms with van der Waals surface area (Å²) in [6, 6.07) is 8.17. The Morgan fingerprint density at radius 3 is 2.72 bits per heavy atom. The van der Waals surface area contributed by atoms with Gasteiger partial charge in [-0.05, 0) is 48.9 Å². The van der Waals surface area contributed by atoms with Gasteiger partial charge in [0.05, 0.1) is 0 Å². The van der Waals surface area contributed by atoms with Crippen molar-refractivity contribution in [1.82, 2.24) is 9.97 Å². The van der Waals surface area contributed by atoms with Crippen LogP contribution in [-0.2, 0) is 6.42 Å². The maximum atomic E-state index is 5.87. The lowest BCUT2D eigenvalue weighted by Crippen LogP contribution is -2.18. The molecule has 1 aromatic carbocycles. The molecular formula is C13H14BrN3S. The zero-order valence-corrected chi connectivity index (χ0v) is 12.4. The molecule has 0 aliphatic heterocycles. The highest BCUT2D eigenvalue weighted by Crippen LogP contribution is 2.30. The van der Waals surface area contributed by atoms with E-state index in [9.17, 15) is 0 Å². The monoisotopic (exact) mass is 323 g/mol. The summed E-state index contributed by atoms with van der Waals surface area (Å²) < 4.78 is 1.05. The van der Waals surface area contributed by atoms with Gasteiger partial charge in [0.15, 0.2) is 5.16 Å². The van der Waals surface area contributed by atoms with E-state index < -0.39 is 0 Å². The smallest absolute Gasteiger partial charge is 0.192 e. The zero-order chi connectivity index (χ0) is 13.0. The summed E-state index contributed by atoms with van der Waals surface area (Å²) in [5.74, 6) is 0. The molecule has 0 saturated heterocycles. The Kier molecular flexibility index (Phi) is 4.74. The van der Waals surface area contributed by atoms with Crippen LogP contribution < -0.4 is 5.73 Å². The van der Waals surface area contributed by atoms with Crippen LogP contribution in [-0.4, -0.2) is 16.0 Å². The standard InChI is InChI=1S/C13H14BrN3S/c1-9(15)7-10-3-4-11(14)8-12(10)18-13-16-5-2-6-17-13/h2-6,8-9H,7,15H2,1H3. The van der Waals surface area contributed by atoms with Crippen molar-refractivity contribution in [1.29, 1.82) is 0 Å². The van der Waals surface area contributed by atoms with Crippen LogP contribution in [0, 0.1) is 0 Å². The summed E-state index contributed by atoms with van der Waals surface area (Å²) in [7, 11) is 0. The first-order chi connectivity index (χ1) is 8.65. The van der Waals surface area contributed by atoms with Crippen LogP contribution in [0.1, 0.15) is 12.5 Å². The molecule has 1 aromatic heterocycles. The number of benzene rings is 1. The van der Waals surface area contributed by atoms with E-state index in [2.05, 4.69) is 38.0 Å². The fraction of sp³-hybridized carbons (Fsp3) is 0.231. The van der Waals surface area contributed by atoms with Crippen LogP contribution in [0.25, 0.3) is 0 Å². The molecule has 1 atom stereocenters. The number of nitrogens with zero attached hydrogens (tertiary/aromatic N) is 2.